The summed E-state index contributed by atoms with van der Waals surface area (Å²) in [7, 11) is -1.68. The average Bonchev–Trinajstić information content (AvgIpc) is 3.32. The van der Waals surface area contributed by atoms with Crippen LogP contribution in [0.15, 0.2) is 62.6 Å². The Hall–Kier alpha value is -2.91. The van der Waals surface area contributed by atoms with Gasteiger partial charge in [0, 0.05) is 43.7 Å². The highest BCUT2D eigenvalue weighted by Crippen LogP contribution is 2.31. The van der Waals surface area contributed by atoms with Crippen LogP contribution in [0.25, 0.3) is 11.1 Å². The number of nitrogens with zero attached hydrogens (tertiary/aromatic N) is 4. The highest BCUT2D eigenvalue weighted by atomic mass is 32.2. The van der Waals surface area contributed by atoms with Crippen molar-refractivity contribution in [2.75, 3.05) is 33.2 Å². The van der Waals surface area contributed by atoms with Crippen LogP contribution in [-0.2, 0) is 14.6 Å². The molecule has 0 N–H and O–H groups in total. The van der Waals surface area contributed by atoms with Gasteiger partial charge in [-0.25, -0.2) is 13.4 Å². The quantitative estimate of drug-likeness (QED) is 0.713. The Morgan fingerprint density at radius 3 is 2.42 bits per heavy atom. The van der Waals surface area contributed by atoms with Crippen LogP contribution in [0, 0.1) is 0 Å². The van der Waals surface area contributed by atoms with Gasteiger partial charge in [0.05, 0.1) is 4.90 Å². The van der Waals surface area contributed by atoms with Crippen molar-refractivity contribution in [1.82, 2.24) is 4.90 Å². The summed E-state index contributed by atoms with van der Waals surface area (Å²) in [6, 6.07) is 12.4. The minimum atomic E-state index is -3.50. The topological polar surface area (TPSA) is 101 Å². The number of benzene rings is 2. The molecular weight excluding hydrogens is 416 g/mol. The van der Waals surface area contributed by atoms with Crippen molar-refractivity contribution in [3.05, 3.63) is 53.6 Å². The second-order valence-electron chi connectivity index (χ2n) is 7.65. The SMILES string of the molecule is CN(C(=O)c1ccc(-c2cccc(S(C)(=O)=O)c2C2=NCN=N2)cc1)C1CCOCC1. The summed E-state index contributed by atoms with van der Waals surface area (Å²) in [6.07, 6.45) is 2.83. The predicted octanol–water partition coefficient (Wildman–Crippen LogP) is 3.18. The minimum absolute atomic E-state index is 0.0440. The molecule has 0 bridgehead atoms. The van der Waals surface area contributed by atoms with E-state index in [2.05, 4.69) is 15.2 Å². The number of carbonyl (C=O) groups is 1. The smallest absolute Gasteiger partial charge is 0.253 e. The Bertz CT molecular complexity index is 1150. The maximum absolute atomic E-state index is 12.9. The van der Waals surface area contributed by atoms with E-state index in [1.54, 1.807) is 29.2 Å². The molecule has 2 aliphatic heterocycles. The molecule has 2 aliphatic rings. The van der Waals surface area contributed by atoms with Crippen molar-refractivity contribution in [3.8, 4) is 11.1 Å². The number of azo groups is 1. The number of amides is 1. The van der Waals surface area contributed by atoms with Gasteiger partial charge in [-0.05, 0) is 42.2 Å². The highest BCUT2D eigenvalue weighted by Gasteiger charge is 2.25. The lowest BCUT2D eigenvalue weighted by Crippen LogP contribution is -2.40. The lowest BCUT2D eigenvalue weighted by Gasteiger charge is -2.31. The molecule has 162 valence electrons. The fourth-order valence-electron chi connectivity index (χ4n) is 3.90. The van der Waals surface area contributed by atoms with Crippen LogP contribution in [0.3, 0.4) is 0 Å². The predicted molar refractivity (Wildman–Crippen MR) is 117 cm³/mol. The van der Waals surface area contributed by atoms with E-state index in [4.69, 9.17) is 4.74 Å². The first-order valence-corrected chi connectivity index (χ1v) is 12.0. The van der Waals surface area contributed by atoms with E-state index in [9.17, 15) is 13.2 Å². The van der Waals surface area contributed by atoms with E-state index in [1.165, 1.54) is 0 Å². The summed E-state index contributed by atoms with van der Waals surface area (Å²) in [5, 5.41) is 7.89. The molecule has 2 aromatic rings. The van der Waals surface area contributed by atoms with Crippen molar-refractivity contribution in [2.24, 2.45) is 15.2 Å². The molecule has 0 aliphatic carbocycles. The van der Waals surface area contributed by atoms with E-state index >= 15 is 0 Å². The summed E-state index contributed by atoms with van der Waals surface area (Å²) in [6.45, 7) is 1.52. The summed E-state index contributed by atoms with van der Waals surface area (Å²) in [4.78, 5) is 19.1. The van der Waals surface area contributed by atoms with Gasteiger partial charge in [0.1, 0.15) is 0 Å². The average molecular weight is 441 g/mol. The second kappa shape index (κ2) is 8.68. The lowest BCUT2D eigenvalue weighted by molar-refractivity contribution is 0.0362. The molecule has 1 saturated heterocycles. The molecule has 0 atom stereocenters. The third-order valence-corrected chi connectivity index (χ3v) is 6.74. The number of rotatable bonds is 5. The lowest BCUT2D eigenvalue weighted by atomic mass is 9.97. The zero-order chi connectivity index (χ0) is 22.0. The van der Waals surface area contributed by atoms with Gasteiger partial charge in [-0.3, -0.25) is 4.79 Å². The van der Waals surface area contributed by atoms with Crippen LogP contribution in [0.4, 0.5) is 0 Å². The number of carbonyl (C=O) groups excluding carboxylic acids is 1. The van der Waals surface area contributed by atoms with Gasteiger partial charge < -0.3 is 9.64 Å². The van der Waals surface area contributed by atoms with Gasteiger partial charge in [0.25, 0.3) is 5.91 Å². The van der Waals surface area contributed by atoms with Crippen LogP contribution in [0.2, 0.25) is 0 Å². The number of hydrogen-bond acceptors (Lipinski definition) is 7. The summed E-state index contributed by atoms with van der Waals surface area (Å²) >= 11 is 0. The number of hydrogen-bond donors (Lipinski definition) is 0. The summed E-state index contributed by atoms with van der Waals surface area (Å²) in [5.74, 6) is 0.257. The zero-order valence-corrected chi connectivity index (χ0v) is 18.3. The molecule has 8 nitrogen and oxygen atoms in total. The summed E-state index contributed by atoms with van der Waals surface area (Å²) in [5.41, 5.74) is 2.47. The number of sulfone groups is 1. The van der Waals surface area contributed by atoms with E-state index in [1.807, 2.05) is 25.2 Å². The van der Waals surface area contributed by atoms with Gasteiger partial charge in [-0.15, -0.1) is 5.11 Å². The maximum Gasteiger partial charge on any atom is 0.253 e. The van der Waals surface area contributed by atoms with E-state index in [0.717, 1.165) is 24.7 Å². The Morgan fingerprint density at radius 2 is 1.81 bits per heavy atom. The first-order valence-electron chi connectivity index (χ1n) is 10.1. The van der Waals surface area contributed by atoms with Crippen LogP contribution in [0.5, 0.6) is 0 Å². The molecule has 1 amide bonds. The Labute approximate surface area is 181 Å². The fourth-order valence-corrected chi connectivity index (χ4v) is 4.80. The zero-order valence-electron chi connectivity index (χ0n) is 17.5. The molecule has 0 spiro atoms. The van der Waals surface area contributed by atoms with Gasteiger partial charge in [0.15, 0.2) is 22.3 Å². The molecule has 1 fully saturated rings. The second-order valence-corrected chi connectivity index (χ2v) is 9.64. The van der Waals surface area contributed by atoms with E-state index in [0.29, 0.717) is 35.7 Å². The molecule has 0 saturated carbocycles. The highest BCUT2D eigenvalue weighted by molar-refractivity contribution is 7.90. The molecule has 4 rings (SSSR count). The minimum Gasteiger partial charge on any atom is -0.381 e. The van der Waals surface area contributed by atoms with Gasteiger partial charge in [-0.1, -0.05) is 24.3 Å². The normalized spacial score (nSPS) is 16.9. The third kappa shape index (κ3) is 4.42. The van der Waals surface area contributed by atoms with Crippen molar-refractivity contribution >= 4 is 21.6 Å². The molecule has 9 heteroatoms. The van der Waals surface area contributed by atoms with Crippen molar-refractivity contribution in [1.29, 1.82) is 0 Å². The molecular formula is C22H24N4O4S. The Kier molecular flexibility index (Phi) is 5.97. The van der Waals surface area contributed by atoms with Crippen molar-refractivity contribution < 1.29 is 17.9 Å². The van der Waals surface area contributed by atoms with Crippen LogP contribution in [-0.4, -0.2) is 64.3 Å². The number of ether oxygens (including phenoxy) is 1. The van der Waals surface area contributed by atoms with Crippen LogP contribution >= 0.6 is 0 Å². The standard InChI is InChI=1S/C22H24N4O4S/c1-26(17-10-12-30-13-11-17)22(27)16-8-6-15(7-9-16)18-4-3-5-19(31(2,28)29)20(18)21-23-14-24-25-21/h3-9,17H,10-14H2,1-2H3. The van der Waals surface area contributed by atoms with E-state index in [-0.39, 0.29) is 23.5 Å². The maximum atomic E-state index is 12.9. The number of aliphatic imine (C=N–C) groups is 1. The fraction of sp³-hybridized carbons (Fsp3) is 0.364. The van der Waals surface area contributed by atoms with E-state index < -0.39 is 9.84 Å². The van der Waals surface area contributed by atoms with Crippen LogP contribution in [0.1, 0.15) is 28.8 Å². The van der Waals surface area contributed by atoms with Gasteiger partial charge >= 0.3 is 0 Å². The molecule has 2 heterocycles. The first-order chi connectivity index (χ1) is 14.9. The van der Waals surface area contributed by atoms with Gasteiger partial charge in [-0.2, -0.15) is 5.11 Å². The van der Waals surface area contributed by atoms with Crippen LogP contribution < -0.4 is 0 Å². The monoisotopic (exact) mass is 440 g/mol. The Morgan fingerprint density at radius 1 is 1.10 bits per heavy atom. The number of amidine groups is 1. The van der Waals surface area contributed by atoms with Crippen molar-refractivity contribution in [3.63, 3.8) is 0 Å². The first kappa shape index (κ1) is 21.3. The third-order valence-electron chi connectivity index (χ3n) is 5.60. The molecule has 0 radical (unpaired) electrons. The van der Waals surface area contributed by atoms with Crippen molar-refractivity contribution in [2.45, 2.75) is 23.8 Å². The van der Waals surface area contributed by atoms with Gasteiger partial charge in [0.2, 0.25) is 0 Å². The largest absolute Gasteiger partial charge is 0.381 e. The molecule has 31 heavy (non-hydrogen) atoms. The molecule has 0 unspecified atom stereocenters. The summed E-state index contributed by atoms with van der Waals surface area (Å²) < 4.78 is 30.1. The molecule has 2 aromatic carbocycles. The Balaban J connectivity index is 1.68. The molecule has 0 aromatic heterocycles.